The highest BCUT2D eigenvalue weighted by molar-refractivity contribution is 6.30. The van der Waals surface area contributed by atoms with Gasteiger partial charge in [-0.05, 0) is 30.0 Å². The largest absolute Gasteiger partial charge is 0.379 e. The lowest BCUT2D eigenvalue weighted by molar-refractivity contribution is -0.134. The molecule has 3 heterocycles. The average Bonchev–Trinajstić information content (AvgIpc) is 3.17. The Labute approximate surface area is 204 Å². The molecule has 1 aromatic heterocycles. The van der Waals surface area contributed by atoms with Crippen molar-refractivity contribution in [3.8, 4) is 0 Å². The van der Waals surface area contributed by atoms with Crippen LogP contribution in [0.15, 0.2) is 30.6 Å². The smallest absolute Gasteiger partial charge is 0.231 e. The first-order valence-electron chi connectivity index (χ1n) is 12.1. The maximum absolute atomic E-state index is 14.4. The molecule has 2 aliphatic heterocycles. The van der Waals surface area contributed by atoms with E-state index in [0.717, 1.165) is 30.0 Å². The second-order valence-corrected chi connectivity index (χ2v) is 9.87. The predicted octanol–water partition coefficient (Wildman–Crippen LogP) is 3.41. The van der Waals surface area contributed by atoms with Gasteiger partial charge in [-0.2, -0.15) is 0 Å². The molecular weight excluding hydrogens is 457 g/mol. The molecule has 0 bridgehead atoms. The van der Waals surface area contributed by atoms with E-state index in [-0.39, 0.29) is 17.7 Å². The number of alkyl halides is 1. The number of nitrogens with zero attached hydrogens (tertiary/aromatic N) is 5. The van der Waals surface area contributed by atoms with Gasteiger partial charge in [0, 0.05) is 56.4 Å². The Bertz CT molecular complexity index is 1010. The van der Waals surface area contributed by atoms with Gasteiger partial charge in [-0.3, -0.25) is 9.69 Å². The second-order valence-electron chi connectivity index (χ2n) is 9.43. The summed E-state index contributed by atoms with van der Waals surface area (Å²) >= 11 is 6.11. The minimum atomic E-state index is -1.02. The maximum atomic E-state index is 14.4. The first-order valence-corrected chi connectivity index (χ1v) is 12.5. The molecule has 7 nitrogen and oxygen atoms in total. The van der Waals surface area contributed by atoms with E-state index >= 15 is 0 Å². The molecule has 0 N–H and O–H groups in total. The van der Waals surface area contributed by atoms with Crippen LogP contribution in [-0.4, -0.2) is 84.7 Å². The molecule has 2 fully saturated rings. The number of piperazine rings is 1. The summed E-state index contributed by atoms with van der Waals surface area (Å²) in [7, 11) is 0. The van der Waals surface area contributed by atoms with Crippen molar-refractivity contribution >= 4 is 23.3 Å². The first kappa shape index (κ1) is 23.5. The van der Waals surface area contributed by atoms with Crippen LogP contribution < -0.4 is 4.90 Å². The fourth-order valence-electron chi connectivity index (χ4n) is 5.34. The summed E-state index contributed by atoms with van der Waals surface area (Å²) in [6.45, 7) is 8.31. The van der Waals surface area contributed by atoms with Crippen molar-refractivity contribution in [3.05, 3.63) is 52.4 Å². The highest BCUT2D eigenvalue weighted by atomic mass is 35.5. The van der Waals surface area contributed by atoms with Gasteiger partial charge in [0.15, 0.2) is 0 Å². The number of fused-ring (bicyclic) bond motifs is 1. The predicted molar refractivity (Wildman–Crippen MR) is 129 cm³/mol. The fourth-order valence-corrected chi connectivity index (χ4v) is 5.46. The molecule has 5 rings (SSSR count). The molecular formula is C25H31ClFN5O2. The zero-order chi connectivity index (χ0) is 23.7. The van der Waals surface area contributed by atoms with Crippen LogP contribution in [0.25, 0.3) is 0 Å². The van der Waals surface area contributed by atoms with E-state index in [1.54, 1.807) is 0 Å². The number of hydrogen-bond donors (Lipinski definition) is 0. The third-order valence-electron chi connectivity index (χ3n) is 7.25. The van der Waals surface area contributed by atoms with Gasteiger partial charge < -0.3 is 14.5 Å². The minimum Gasteiger partial charge on any atom is -0.379 e. The molecule has 2 aromatic rings. The van der Waals surface area contributed by atoms with E-state index in [1.165, 1.54) is 6.33 Å². The quantitative estimate of drug-likeness (QED) is 0.644. The number of hydrogen-bond acceptors (Lipinski definition) is 6. The fraction of sp³-hybridized carbons (Fsp3) is 0.560. The van der Waals surface area contributed by atoms with Crippen molar-refractivity contribution < 1.29 is 13.9 Å². The normalized spacial score (nSPS) is 24.2. The van der Waals surface area contributed by atoms with Crippen LogP contribution in [0.2, 0.25) is 5.02 Å². The van der Waals surface area contributed by atoms with Crippen molar-refractivity contribution in [1.29, 1.82) is 0 Å². The lowest BCUT2D eigenvalue weighted by Gasteiger charge is -2.39. The van der Waals surface area contributed by atoms with Crippen LogP contribution >= 0.6 is 11.6 Å². The molecule has 0 spiro atoms. The molecule has 1 aliphatic carbocycles. The van der Waals surface area contributed by atoms with E-state index in [0.29, 0.717) is 63.1 Å². The lowest BCUT2D eigenvalue weighted by atomic mass is 9.96. The Balaban J connectivity index is 1.30. The van der Waals surface area contributed by atoms with Crippen LogP contribution in [0.4, 0.5) is 10.2 Å². The van der Waals surface area contributed by atoms with E-state index in [1.807, 2.05) is 36.1 Å². The molecule has 34 heavy (non-hydrogen) atoms. The number of morpholine rings is 1. The first-order chi connectivity index (χ1) is 16.5. The summed E-state index contributed by atoms with van der Waals surface area (Å²) in [4.78, 5) is 28.9. The van der Waals surface area contributed by atoms with E-state index < -0.39 is 6.17 Å². The summed E-state index contributed by atoms with van der Waals surface area (Å²) in [5.41, 5.74) is 2.45. The highest BCUT2D eigenvalue weighted by Gasteiger charge is 2.36. The Hall–Kier alpha value is -2.29. The number of anilines is 1. The van der Waals surface area contributed by atoms with Gasteiger partial charge in [-0.25, -0.2) is 14.4 Å². The van der Waals surface area contributed by atoms with Crippen molar-refractivity contribution in [2.24, 2.45) is 0 Å². The summed E-state index contributed by atoms with van der Waals surface area (Å²) in [6.07, 6.45) is 0.911. The lowest BCUT2D eigenvalue weighted by Crippen LogP contribution is -2.52. The molecule has 2 saturated heterocycles. The molecule has 2 unspecified atom stereocenters. The second kappa shape index (κ2) is 10.1. The molecule has 3 aliphatic rings. The van der Waals surface area contributed by atoms with E-state index in [9.17, 15) is 9.18 Å². The molecule has 1 amide bonds. The van der Waals surface area contributed by atoms with Crippen molar-refractivity contribution in [2.75, 3.05) is 63.9 Å². The topological polar surface area (TPSA) is 61.8 Å². The zero-order valence-corrected chi connectivity index (χ0v) is 20.3. The van der Waals surface area contributed by atoms with Gasteiger partial charge in [0.25, 0.3) is 0 Å². The summed E-state index contributed by atoms with van der Waals surface area (Å²) in [5, 5.41) is 0.664. The highest BCUT2D eigenvalue weighted by Crippen LogP contribution is 2.44. The summed E-state index contributed by atoms with van der Waals surface area (Å²) in [5.74, 6) is 0.812. The van der Waals surface area contributed by atoms with E-state index in [2.05, 4.69) is 19.8 Å². The van der Waals surface area contributed by atoms with Gasteiger partial charge in [-0.1, -0.05) is 30.7 Å². The number of benzene rings is 1. The van der Waals surface area contributed by atoms with Crippen molar-refractivity contribution in [3.63, 3.8) is 0 Å². The van der Waals surface area contributed by atoms with Gasteiger partial charge in [0.05, 0.1) is 24.8 Å². The third-order valence-corrected chi connectivity index (χ3v) is 7.50. The van der Waals surface area contributed by atoms with Crippen LogP contribution in [0.1, 0.15) is 48.2 Å². The SMILES string of the molecule is CC1C[C@@H](F)c2ncnc(N3CCN(C(=O)C(CN4CCOCC4)c4ccc(Cl)cc4)CC3)c21. The van der Waals surface area contributed by atoms with Crippen molar-refractivity contribution in [2.45, 2.75) is 31.4 Å². The Morgan fingerprint density at radius 3 is 2.53 bits per heavy atom. The number of halogens is 2. The van der Waals surface area contributed by atoms with Crippen LogP contribution in [-0.2, 0) is 9.53 Å². The molecule has 1 aromatic carbocycles. The average molecular weight is 488 g/mol. The Morgan fingerprint density at radius 2 is 1.82 bits per heavy atom. The number of rotatable bonds is 5. The van der Waals surface area contributed by atoms with E-state index in [4.69, 9.17) is 16.3 Å². The van der Waals surface area contributed by atoms with Crippen LogP contribution in [0.3, 0.4) is 0 Å². The number of ether oxygens (including phenoxy) is 1. The number of amides is 1. The Kier molecular flexibility index (Phi) is 6.99. The number of aromatic nitrogens is 2. The number of carbonyl (C=O) groups excluding carboxylic acids is 1. The monoisotopic (exact) mass is 487 g/mol. The molecule has 0 saturated carbocycles. The zero-order valence-electron chi connectivity index (χ0n) is 19.5. The molecule has 9 heteroatoms. The summed E-state index contributed by atoms with van der Waals surface area (Å²) < 4.78 is 19.9. The van der Waals surface area contributed by atoms with Gasteiger partial charge in [0.1, 0.15) is 18.3 Å². The standard InChI is InChI=1S/C25H31ClFN5O2/c1-17-14-21(27)23-22(17)24(29-16-28-23)31-6-8-32(9-7-31)25(33)20(15-30-10-12-34-13-11-30)18-2-4-19(26)5-3-18/h2-5,16-17,20-21H,6-15H2,1H3/t17?,20?,21-/m1/s1. The van der Waals surface area contributed by atoms with Crippen LogP contribution in [0.5, 0.6) is 0 Å². The van der Waals surface area contributed by atoms with Gasteiger partial charge in [-0.15, -0.1) is 0 Å². The third kappa shape index (κ3) is 4.76. The van der Waals surface area contributed by atoms with Gasteiger partial charge in [0.2, 0.25) is 5.91 Å². The van der Waals surface area contributed by atoms with Crippen molar-refractivity contribution in [1.82, 2.24) is 19.8 Å². The molecule has 0 radical (unpaired) electrons. The molecule has 3 atom stereocenters. The Morgan fingerprint density at radius 1 is 1.12 bits per heavy atom. The minimum absolute atomic E-state index is 0.101. The maximum Gasteiger partial charge on any atom is 0.231 e. The number of carbonyl (C=O) groups is 1. The summed E-state index contributed by atoms with van der Waals surface area (Å²) in [6, 6.07) is 7.62. The van der Waals surface area contributed by atoms with Gasteiger partial charge >= 0.3 is 0 Å². The van der Waals surface area contributed by atoms with Crippen LogP contribution in [0, 0.1) is 0 Å². The molecule has 182 valence electrons.